The van der Waals surface area contributed by atoms with Crippen LogP contribution in [0.4, 0.5) is 0 Å². The maximum absolute atomic E-state index is 9.55. The number of aromatic hydroxyl groups is 1. The molecule has 0 aromatic heterocycles. The zero-order chi connectivity index (χ0) is 14.5. The summed E-state index contributed by atoms with van der Waals surface area (Å²) in [5.74, 6) is 0.836. The van der Waals surface area contributed by atoms with Gasteiger partial charge in [0, 0.05) is 0 Å². The molecule has 0 saturated heterocycles. The molecule has 20 heavy (non-hydrogen) atoms. The molecule has 0 atom stereocenters. The highest BCUT2D eigenvalue weighted by Crippen LogP contribution is 2.24. The Labute approximate surface area is 124 Å². The summed E-state index contributed by atoms with van der Waals surface area (Å²) in [7, 11) is 0. The molecule has 2 nitrogen and oxygen atoms in total. The predicted molar refractivity (Wildman–Crippen MR) is 85.4 cm³/mol. The SMILES string of the molecule is CCCCCCCCCCCCOc1ccccc1O. The molecular formula is C18H30O2. The van der Waals surface area contributed by atoms with Crippen LogP contribution in [0.15, 0.2) is 24.3 Å². The summed E-state index contributed by atoms with van der Waals surface area (Å²) < 4.78 is 5.56. The Kier molecular flexibility index (Phi) is 9.81. The highest BCUT2D eigenvalue weighted by Gasteiger charge is 1.99. The van der Waals surface area contributed by atoms with Crippen molar-refractivity contribution in [2.75, 3.05) is 6.61 Å². The van der Waals surface area contributed by atoms with Gasteiger partial charge in [-0.2, -0.15) is 0 Å². The summed E-state index contributed by atoms with van der Waals surface area (Å²) in [5.41, 5.74) is 0. The van der Waals surface area contributed by atoms with Gasteiger partial charge >= 0.3 is 0 Å². The molecule has 0 fully saturated rings. The third-order valence-corrected chi connectivity index (χ3v) is 3.62. The van der Waals surface area contributed by atoms with E-state index in [4.69, 9.17) is 4.74 Å². The topological polar surface area (TPSA) is 29.5 Å². The molecule has 0 bridgehead atoms. The number of hydrogen-bond donors (Lipinski definition) is 1. The fourth-order valence-corrected chi connectivity index (χ4v) is 2.35. The first-order valence-electron chi connectivity index (χ1n) is 8.25. The number of unbranched alkanes of at least 4 members (excludes halogenated alkanes) is 9. The molecule has 0 aliphatic carbocycles. The molecule has 0 radical (unpaired) electrons. The molecule has 0 aliphatic heterocycles. The molecule has 1 aromatic carbocycles. The predicted octanol–water partition coefficient (Wildman–Crippen LogP) is 5.69. The minimum absolute atomic E-state index is 0.236. The lowest BCUT2D eigenvalue weighted by molar-refractivity contribution is 0.288. The van der Waals surface area contributed by atoms with Crippen molar-refractivity contribution >= 4 is 0 Å². The van der Waals surface area contributed by atoms with E-state index in [1.54, 1.807) is 6.07 Å². The Morgan fingerprint density at radius 1 is 0.800 bits per heavy atom. The maximum atomic E-state index is 9.55. The lowest BCUT2D eigenvalue weighted by atomic mass is 10.1. The van der Waals surface area contributed by atoms with Crippen LogP contribution in [0.3, 0.4) is 0 Å². The number of para-hydroxylation sites is 2. The molecule has 0 saturated carbocycles. The van der Waals surface area contributed by atoms with Gasteiger partial charge in [-0.05, 0) is 18.6 Å². The van der Waals surface area contributed by atoms with Gasteiger partial charge in [-0.3, -0.25) is 0 Å². The van der Waals surface area contributed by atoms with E-state index in [0.717, 1.165) is 6.42 Å². The molecule has 0 aliphatic rings. The lowest BCUT2D eigenvalue weighted by Crippen LogP contribution is -1.97. The van der Waals surface area contributed by atoms with Crippen LogP contribution in [-0.2, 0) is 0 Å². The molecule has 0 amide bonds. The molecule has 2 heteroatoms. The second-order valence-electron chi connectivity index (χ2n) is 5.50. The van der Waals surface area contributed by atoms with Crippen LogP contribution in [0.1, 0.15) is 71.1 Å². The maximum Gasteiger partial charge on any atom is 0.160 e. The Morgan fingerprint density at radius 3 is 1.95 bits per heavy atom. The van der Waals surface area contributed by atoms with Gasteiger partial charge in [0.2, 0.25) is 0 Å². The highest BCUT2D eigenvalue weighted by molar-refractivity contribution is 5.37. The fourth-order valence-electron chi connectivity index (χ4n) is 2.35. The second-order valence-corrected chi connectivity index (χ2v) is 5.50. The van der Waals surface area contributed by atoms with Crippen LogP contribution >= 0.6 is 0 Å². The fraction of sp³-hybridized carbons (Fsp3) is 0.667. The van der Waals surface area contributed by atoms with Crippen molar-refractivity contribution in [1.82, 2.24) is 0 Å². The van der Waals surface area contributed by atoms with E-state index in [2.05, 4.69) is 6.92 Å². The van der Waals surface area contributed by atoms with Crippen LogP contribution in [0.5, 0.6) is 11.5 Å². The van der Waals surface area contributed by atoms with Gasteiger partial charge in [0.25, 0.3) is 0 Å². The summed E-state index contributed by atoms with van der Waals surface area (Å²) in [6.45, 7) is 2.96. The zero-order valence-corrected chi connectivity index (χ0v) is 12.9. The van der Waals surface area contributed by atoms with Gasteiger partial charge < -0.3 is 9.84 Å². The van der Waals surface area contributed by atoms with E-state index in [1.165, 1.54) is 57.8 Å². The van der Waals surface area contributed by atoms with E-state index < -0.39 is 0 Å². The number of rotatable bonds is 12. The zero-order valence-electron chi connectivity index (χ0n) is 12.9. The van der Waals surface area contributed by atoms with Gasteiger partial charge in [0.1, 0.15) is 0 Å². The van der Waals surface area contributed by atoms with Crippen LogP contribution in [0, 0.1) is 0 Å². The first-order chi connectivity index (χ1) is 9.84. The Hall–Kier alpha value is -1.18. The third-order valence-electron chi connectivity index (χ3n) is 3.62. The molecule has 1 N–H and O–H groups in total. The first kappa shape index (κ1) is 16.9. The largest absolute Gasteiger partial charge is 0.504 e. The minimum atomic E-state index is 0.236. The molecule has 1 rings (SSSR count). The van der Waals surface area contributed by atoms with Crippen molar-refractivity contribution in [3.63, 3.8) is 0 Å². The van der Waals surface area contributed by atoms with Gasteiger partial charge in [0.05, 0.1) is 6.61 Å². The van der Waals surface area contributed by atoms with Crippen molar-refractivity contribution in [3.8, 4) is 11.5 Å². The summed E-state index contributed by atoms with van der Waals surface area (Å²) in [4.78, 5) is 0. The Bertz CT molecular complexity index is 336. The number of hydrogen-bond acceptors (Lipinski definition) is 2. The summed E-state index contributed by atoms with van der Waals surface area (Å²) >= 11 is 0. The molecule has 0 spiro atoms. The third kappa shape index (κ3) is 8.08. The monoisotopic (exact) mass is 278 g/mol. The van der Waals surface area contributed by atoms with Gasteiger partial charge in [-0.25, -0.2) is 0 Å². The smallest absolute Gasteiger partial charge is 0.160 e. The molecule has 114 valence electrons. The van der Waals surface area contributed by atoms with E-state index in [1.807, 2.05) is 18.2 Å². The molecule has 1 aromatic rings. The van der Waals surface area contributed by atoms with Crippen LogP contribution < -0.4 is 4.74 Å². The number of phenols is 1. The van der Waals surface area contributed by atoms with E-state index >= 15 is 0 Å². The van der Waals surface area contributed by atoms with E-state index in [9.17, 15) is 5.11 Å². The standard InChI is InChI=1S/C18H30O2/c1-2-3-4-5-6-7-8-9-10-13-16-20-18-15-12-11-14-17(18)19/h11-12,14-15,19H,2-10,13,16H2,1H3. The van der Waals surface area contributed by atoms with Crippen molar-refractivity contribution in [2.24, 2.45) is 0 Å². The van der Waals surface area contributed by atoms with E-state index in [-0.39, 0.29) is 5.75 Å². The number of phenolic OH excluding ortho intramolecular Hbond substituents is 1. The molecular weight excluding hydrogens is 248 g/mol. The van der Waals surface area contributed by atoms with Crippen molar-refractivity contribution in [2.45, 2.75) is 71.1 Å². The number of ether oxygens (including phenoxy) is 1. The molecule has 0 heterocycles. The van der Waals surface area contributed by atoms with Crippen LogP contribution in [0.25, 0.3) is 0 Å². The number of benzene rings is 1. The summed E-state index contributed by atoms with van der Waals surface area (Å²) in [5, 5.41) is 9.55. The van der Waals surface area contributed by atoms with Crippen molar-refractivity contribution < 1.29 is 9.84 Å². The summed E-state index contributed by atoms with van der Waals surface area (Å²) in [6.07, 6.45) is 13.3. The van der Waals surface area contributed by atoms with Crippen LogP contribution in [-0.4, -0.2) is 11.7 Å². The molecule has 0 unspecified atom stereocenters. The highest BCUT2D eigenvalue weighted by atomic mass is 16.5. The van der Waals surface area contributed by atoms with Gasteiger partial charge in [-0.1, -0.05) is 76.8 Å². The van der Waals surface area contributed by atoms with Gasteiger partial charge in [0.15, 0.2) is 11.5 Å². The van der Waals surface area contributed by atoms with Crippen molar-refractivity contribution in [3.05, 3.63) is 24.3 Å². The Balaban J connectivity index is 1.87. The van der Waals surface area contributed by atoms with Crippen LogP contribution in [0.2, 0.25) is 0 Å². The second kappa shape index (κ2) is 11.6. The Morgan fingerprint density at radius 2 is 1.35 bits per heavy atom. The van der Waals surface area contributed by atoms with Crippen molar-refractivity contribution in [1.29, 1.82) is 0 Å². The minimum Gasteiger partial charge on any atom is -0.504 e. The summed E-state index contributed by atoms with van der Waals surface area (Å²) in [6, 6.07) is 7.16. The quantitative estimate of drug-likeness (QED) is 0.497. The normalized spacial score (nSPS) is 10.7. The first-order valence-corrected chi connectivity index (χ1v) is 8.25. The van der Waals surface area contributed by atoms with Gasteiger partial charge in [-0.15, -0.1) is 0 Å². The van der Waals surface area contributed by atoms with E-state index in [0.29, 0.717) is 12.4 Å². The average molecular weight is 278 g/mol. The lowest BCUT2D eigenvalue weighted by Gasteiger charge is -2.07. The average Bonchev–Trinajstić information content (AvgIpc) is 2.46.